The summed E-state index contributed by atoms with van der Waals surface area (Å²) >= 11 is 1.37. The molecule has 1 unspecified atom stereocenters. The van der Waals surface area contributed by atoms with E-state index < -0.39 is 17.3 Å². The molecule has 1 rings (SSSR count). The van der Waals surface area contributed by atoms with Gasteiger partial charge in [0.25, 0.3) is 6.43 Å². The van der Waals surface area contributed by atoms with E-state index in [1.54, 1.807) is 6.26 Å². The Morgan fingerprint density at radius 1 is 1.45 bits per heavy atom. The van der Waals surface area contributed by atoms with Gasteiger partial charge in [0.1, 0.15) is 6.10 Å². The molecule has 0 bridgehead atoms. The summed E-state index contributed by atoms with van der Waals surface area (Å²) in [6.07, 6.45) is 0.156. The average molecular weight is 182 g/mol. The highest BCUT2D eigenvalue weighted by Gasteiger charge is 2.46. The molecular formula is C7H12F2OS. The molecule has 1 fully saturated rings. The van der Waals surface area contributed by atoms with Crippen molar-refractivity contribution in [1.82, 2.24) is 0 Å². The number of thioether (sulfide) groups is 1. The van der Waals surface area contributed by atoms with Crippen LogP contribution in [-0.2, 0) is 0 Å². The zero-order valence-corrected chi connectivity index (χ0v) is 7.20. The third-order valence-electron chi connectivity index (χ3n) is 2.38. The van der Waals surface area contributed by atoms with Gasteiger partial charge >= 0.3 is 0 Å². The van der Waals surface area contributed by atoms with Gasteiger partial charge in [0.2, 0.25) is 0 Å². The van der Waals surface area contributed by atoms with Crippen LogP contribution >= 0.6 is 11.8 Å². The minimum absolute atomic E-state index is 0.534. The van der Waals surface area contributed by atoms with Crippen molar-refractivity contribution in [1.29, 1.82) is 0 Å². The minimum atomic E-state index is -2.59. The highest BCUT2D eigenvalue weighted by molar-refractivity contribution is 8.00. The summed E-state index contributed by atoms with van der Waals surface area (Å²) in [5.74, 6) is 0. The van der Waals surface area contributed by atoms with Gasteiger partial charge in [-0.25, -0.2) is 8.78 Å². The number of alkyl halides is 2. The Bertz CT molecular complexity index is 131. The smallest absolute Gasteiger partial charge is 0.265 e. The predicted octanol–water partition coefficient (Wildman–Crippen LogP) is 1.90. The Hall–Kier alpha value is 0.170. The monoisotopic (exact) mass is 182 g/mol. The first-order chi connectivity index (χ1) is 5.12. The molecule has 0 aromatic carbocycles. The molecule has 0 spiro atoms. The number of hydrogen-bond acceptors (Lipinski definition) is 2. The Labute approximate surface area is 69.2 Å². The van der Waals surface area contributed by atoms with Crippen molar-refractivity contribution < 1.29 is 13.9 Å². The molecule has 1 saturated carbocycles. The molecule has 1 N–H and O–H groups in total. The third kappa shape index (κ3) is 1.51. The van der Waals surface area contributed by atoms with Crippen LogP contribution in [0.2, 0.25) is 0 Å². The van der Waals surface area contributed by atoms with Crippen LogP contribution in [0.1, 0.15) is 19.3 Å². The average Bonchev–Trinajstić information content (AvgIpc) is 1.86. The maximum absolute atomic E-state index is 12.1. The maximum Gasteiger partial charge on any atom is 0.265 e. The molecule has 11 heavy (non-hydrogen) atoms. The lowest BCUT2D eigenvalue weighted by atomic mass is 9.80. The van der Waals surface area contributed by atoms with E-state index in [4.69, 9.17) is 5.11 Å². The SMILES string of the molecule is CSC1(C(O)C(F)F)CCC1. The standard InChI is InChI=1S/C7H12F2OS/c1-11-7(3-2-4-7)5(10)6(8)9/h5-6,10H,2-4H2,1H3. The van der Waals surface area contributed by atoms with Crippen LogP contribution in [0.25, 0.3) is 0 Å². The number of halogens is 2. The first-order valence-electron chi connectivity index (χ1n) is 3.64. The summed E-state index contributed by atoms with van der Waals surface area (Å²) in [7, 11) is 0. The van der Waals surface area contributed by atoms with E-state index in [1.165, 1.54) is 11.8 Å². The van der Waals surface area contributed by atoms with Crippen LogP contribution in [0, 0.1) is 0 Å². The lowest BCUT2D eigenvalue weighted by molar-refractivity contribution is -0.0441. The molecule has 0 aromatic heterocycles. The van der Waals surface area contributed by atoms with Crippen molar-refractivity contribution in [2.24, 2.45) is 0 Å². The van der Waals surface area contributed by atoms with Crippen LogP contribution in [0.4, 0.5) is 8.78 Å². The van der Waals surface area contributed by atoms with E-state index in [1.807, 2.05) is 0 Å². The fraction of sp³-hybridized carbons (Fsp3) is 1.00. The van der Waals surface area contributed by atoms with Gasteiger partial charge in [-0.15, -0.1) is 0 Å². The lowest BCUT2D eigenvalue weighted by Gasteiger charge is -2.43. The summed E-state index contributed by atoms with van der Waals surface area (Å²) in [4.78, 5) is 0. The first-order valence-corrected chi connectivity index (χ1v) is 4.86. The quantitative estimate of drug-likeness (QED) is 0.719. The van der Waals surface area contributed by atoms with Gasteiger partial charge in [0, 0.05) is 4.75 Å². The summed E-state index contributed by atoms with van der Waals surface area (Å²) in [6.45, 7) is 0. The molecule has 0 amide bonds. The minimum Gasteiger partial charge on any atom is -0.386 e. The van der Waals surface area contributed by atoms with E-state index in [0.29, 0.717) is 0 Å². The maximum atomic E-state index is 12.1. The van der Waals surface area contributed by atoms with Gasteiger partial charge in [-0.05, 0) is 19.1 Å². The van der Waals surface area contributed by atoms with E-state index in [0.717, 1.165) is 19.3 Å². The number of hydrogen-bond donors (Lipinski definition) is 1. The molecule has 0 aliphatic heterocycles. The van der Waals surface area contributed by atoms with Gasteiger partial charge in [0.15, 0.2) is 0 Å². The molecule has 0 radical (unpaired) electrons. The molecule has 66 valence electrons. The van der Waals surface area contributed by atoms with E-state index >= 15 is 0 Å². The van der Waals surface area contributed by atoms with Gasteiger partial charge in [-0.3, -0.25) is 0 Å². The molecule has 0 heterocycles. The number of aliphatic hydroxyl groups excluding tert-OH is 1. The van der Waals surface area contributed by atoms with Gasteiger partial charge in [-0.1, -0.05) is 6.42 Å². The molecule has 1 nitrogen and oxygen atoms in total. The van der Waals surface area contributed by atoms with Crippen LogP contribution in [0.5, 0.6) is 0 Å². The molecular weight excluding hydrogens is 170 g/mol. The molecule has 4 heteroatoms. The fourth-order valence-electron chi connectivity index (χ4n) is 1.38. The highest BCUT2D eigenvalue weighted by atomic mass is 32.2. The Morgan fingerprint density at radius 2 is 2.00 bits per heavy atom. The second-order valence-electron chi connectivity index (χ2n) is 2.90. The molecule has 1 aliphatic carbocycles. The first kappa shape index (κ1) is 9.26. The summed E-state index contributed by atoms with van der Waals surface area (Å²) in [5, 5.41) is 9.13. The van der Waals surface area contributed by atoms with Crippen LogP contribution in [0.3, 0.4) is 0 Å². The number of rotatable bonds is 3. The Morgan fingerprint density at radius 3 is 2.09 bits per heavy atom. The molecule has 0 aromatic rings. The second-order valence-corrected chi connectivity index (χ2v) is 4.12. The second kappa shape index (κ2) is 3.27. The van der Waals surface area contributed by atoms with Crippen LogP contribution < -0.4 is 0 Å². The van der Waals surface area contributed by atoms with Crippen molar-refractivity contribution in [2.75, 3.05) is 6.26 Å². The highest BCUT2D eigenvalue weighted by Crippen LogP contribution is 2.46. The molecule has 0 saturated heterocycles. The normalized spacial score (nSPS) is 24.8. The van der Waals surface area contributed by atoms with Crippen molar-refractivity contribution >= 4 is 11.8 Å². The zero-order chi connectivity index (χ0) is 8.48. The Kier molecular flexibility index (Phi) is 2.75. The summed E-state index contributed by atoms with van der Waals surface area (Å²) < 4.78 is 23.6. The zero-order valence-electron chi connectivity index (χ0n) is 6.39. The van der Waals surface area contributed by atoms with Gasteiger partial charge < -0.3 is 5.11 Å². The largest absolute Gasteiger partial charge is 0.386 e. The topological polar surface area (TPSA) is 20.2 Å². The fourth-order valence-corrected chi connectivity index (χ4v) is 2.42. The van der Waals surface area contributed by atoms with Crippen molar-refractivity contribution in [2.45, 2.75) is 36.5 Å². The van der Waals surface area contributed by atoms with E-state index in [2.05, 4.69) is 0 Å². The lowest BCUT2D eigenvalue weighted by Crippen LogP contribution is -2.48. The Balaban J connectivity index is 2.54. The summed E-state index contributed by atoms with van der Waals surface area (Å²) in [6, 6.07) is 0. The van der Waals surface area contributed by atoms with E-state index in [-0.39, 0.29) is 0 Å². The van der Waals surface area contributed by atoms with Crippen molar-refractivity contribution in [3.8, 4) is 0 Å². The molecule has 1 aliphatic rings. The van der Waals surface area contributed by atoms with Gasteiger partial charge in [-0.2, -0.15) is 11.8 Å². The van der Waals surface area contributed by atoms with Crippen LogP contribution in [0.15, 0.2) is 0 Å². The van der Waals surface area contributed by atoms with Crippen molar-refractivity contribution in [3.05, 3.63) is 0 Å². The van der Waals surface area contributed by atoms with Gasteiger partial charge in [0.05, 0.1) is 0 Å². The molecule has 1 atom stereocenters. The van der Waals surface area contributed by atoms with E-state index in [9.17, 15) is 8.78 Å². The predicted molar refractivity (Wildman–Crippen MR) is 42.1 cm³/mol. The van der Waals surface area contributed by atoms with Crippen molar-refractivity contribution in [3.63, 3.8) is 0 Å². The third-order valence-corrected chi connectivity index (χ3v) is 3.85. The van der Waals surface area contributed by atoms with Crippen LogP contribution in [-0.4, -0.2) is 28.6 Å². The summed E-state index contributed by atoms with van der Waals surface area (Å²) in [5.41, 5.74) is 0. The number of aliphatic hydroxyl groups is 1.